The lowest BCUT2D eigenvalue weighted by Gasteiger charge is -2.22. The maximum Gasteiger partial charge on any atom is 0.303 e. The number of aliphatic carboxylic acids is 1. The highest BCUT2D eigenvalue weighted by atomic mass is 32.2. The Morgan fingerprint density at radius 1 is 1.18 bits per heavy atom. The molecule has 2 rings (SSSR count). The van der Waals surface area contributed by atoms with E-state index >= 15 is 0 Å². The molecule has 0 spiro atoms. The van der Waals surface area contributed by atoms with Crippen LogP contribution in [-0.4, -0.2) is 50.3 Å². The summed E-state index contributed by atoms with van der Waals surface area (Å²) in [6.45, 7) is 0. The van der Waals surface area contributed by atoms with Gasteiger partial charge in [-0.05, 0) is 37.0 Å². The number of aliphatic hydroxyl groups is 2. The molecule has 1 aliphatic carbocycles. The Labute approximate surface area is 169 Å². The fraction of sp³-hybridized carbons (Fsp3) is 0.619. The molecule has 1 aliphatic rings. The molecule has 4 atom stereocenters. The molecule has 0 aromatic heterocycles. The van der Waals surface area contributed by atoms with E-state index in [4.69, 9.17) is 5.11 Å². The van der Waals surface area contributed by atoms with Crippen molar-refractivity contribution < 1.29 is 29.3 Å². The Kier molecular flexibility index (Phi) is 9.41. The molecule has 5 nitrogen and oxygen atoms in total. The first kappa shape index (κ1) is 22.8. The van der Waals surface area contributed by atoms with Gasteiger partial charge in [-0.2, -0.15) is 11.8 Å². The zero-order chi connectivity index (χ0) is 20.5. The first-order chi connectivity index (χ1) is 13.4. The van der Waals surface area contributed by atoms with Crippen molar-refractivity contribution in [3.05, 3.63) is 35.6 Å². The zero-order valence-electron chi connectivity index (χ0n) is 15.9. The van der Waals surface area contributed by atoms with Crippen LogP contribution in [-0.2, 0) is 16.0 Å². The van der Waals surface area contributed by atoms with Gasteiger partial charge >= 0.3 is 5.97 Å². The van der Waals surface area contributed by atoms with E-state index in [1.54, 1.807) is 12.1 Å². The molecule has 1 aromatic rings. The summed E-state index contributed by atoms with van der Waals surface area (Å²) < 4.78 is 13.0. The van der Waals surface area contributed by atoms with E-state index in [1.807, 2.05) is 0 Å². The molecule has 0 aliphatic heterocycles. The number of hydrogen-bond acceptors (Lipinski definition) is 5. The molecule has 0 radical (unpaired) electrons. The van der Waals surface area contributed by atoms with E-state index in [-0.39, 0.29) is 35.6 Å². The van der Waals surface area contributed by atoms with E-state index in [9.17, 15) is 24.2 Å². The predicted molar refractivity (Wildman–Crippen MR) is 107 cm³/mol. The van der Waals surface area contributed by atoms with E-state index < -0.39 is 18.2 Å². The van der Waals surface area contributed by atoms with Gasteiger partial charge in [-0.25, -0.2) is 4.39 Å². The number of thioether (sulfide) groups is 1. The smallest absolute Gasteiger partial charge is 0.303 e. The molecule has 0 bridgehead atoms. The number of hydrogen-bond donors (Lipinski definition) is 3. The molecule has 0 saturated heterocycles. The Bertz CT molecular complexity index is 636. The van der Waals surface area contributed by atoms with Crippen LogP contribution < -0.4 is 0 Å². The van der Waals surface area contributed by atoms with Crippen molar-refractivity contribution in [3.63, 3.8) is 0 Å². The minimum absolute atomic E-state index is 0.0727. The van der Waals surface area contributed by atoms with Gasteiger partial charge in [0, 0.05) is 29.8 Å². The normalized spacial score (nSPS) is 23.1. The molecule has 1 aromatic carbocycles. The summed E-state index contributed by atoms with van der Waals surface area (Å²) in [5.74, 6) is -0.835. The monoisotopic (exact) mass is 412 g/mol. The lowest BCUT2D eigenvalue weighted by Crippen LogP contribution is -2.26. The lowest BCUT2D eigenvalue weighted by atomic mass is 9.98. The number of carboxylic acid groups (broad SMARTS) is 1. The SMILES string of the molecule is O=C(O)CCCCCC[C@H]1C(=O)CC(O)[C@@H]1SCC(O)Cc1ccc(F)cc1. The fourth-order valence-corrected chi connectivity index (χ4v) is 5.05. The van der Waals surface area contributed by atoms with Crippen molar-refractivity contribution in [3.8, 4) is 0 Å². The van der Waals surface area contributed by atoms with Crippen LogP contribution >= 0.6 is 11.8 Å². The number of aliphatic hydroxyl groups excluding tert-OH is 2. The second-order valence-corrected chi connectivity index (χ2v) is 8.68. The topological polar surface area (TPSA) is 94.8 Å². The number of benzene rings is 1. The molecule has 1 fully saturated rings. The molecule has 2 unspecified atom stereocenters. The van der Waals surface area contributed by atoms with Crippen LogP contribution in [0.5, 0.6) is 0 Å². The molecule has 28 heavy (non-hydrogen) atoms. The highest BCUT2D eigenvalue weighted by Crippen LogP contribution is 2.36. The van der Waals surface area contributed by atoms with Gasteiger partial charge in [0.2, 0.25) is 0 Å². The molecule has 7 heteroatoms. The van der Waals surface area contributed by atoms with E-state index in [0.29, 0.717) is 25.0 Å². The van der Waals surface area contributed by atoms with Crippen LogP contribution in [0.4, 0.5) is 4.39 Å². The highest BCUT2D eigenvalue weighted by molar-refractivity contribution is 8.00. The number of carbonyl (C=O) groups is 2. The van der Waals surface area contributed by atoms with Crippen LogP contribution in [0.15, 0.2) is 24.3 Å². The molecular formula is C21H29FO5S. The van der Waals surface area contributed by atoms with Crippen LogP contribution in [0.25, 0.3) is 0 Å². The Hall–Kier alpha value is -1.44. The molecular weight excluding hydrogens is 383 g/mol. The number of unbranched alkanes of at least 4 members (excludes halogenated alkanes) is 3. The fourth-order valence-electron chi connectivity index (χ4n) is 3.65. The molecule has 156 valence electrons. The van der Waals surface area contributed by atoms with Gasteiger partial charge in [0.1, 0.15) is 11.6 Å². The summed E-state index contributed by atoms with van der Waals surface area (Å²) in [7, 11) is 0. The Balaban J connectivity index is 1.75. The average molecular weight is 413 g/mol. The van der Waals surface area contributed by atoms with Crippen LogP contribution in [0.3, 0.4) is 0 Å². The summed E-state index contributed by atoms with van der Waals surface area (Å²) >= 11 is 1.43. The van der Waals surface area contributed by atoms with Crippen LogP contribution in [0.1, 0.15) is 50.5 Å². The third-order valence-electron chi connectivity index (χ3n) is 5.12. The van der Waals surface area contributed by atoms with Crippen molar-refractivity contribution in [1.82, 2.24) is 0 Å². The minimum Gasteiger partial charge on any atom is -0.481 e. The number of halogens is 1. The van der Waals surface area contributed by atoms with Crippen molar-refractivity contribution in [1.29, 1.82) is 0 Å². The van der Waals surface area contributed by atoms with Gasteiger partial charge in [0.25, 0.3) is 0 Å². The minimum atomic E-state index is -0.787. The maximum absolute atomic E-state index is 13.0. The first-order valence-electron chi connectivity index (χ1n) is 9.83. The standard InChI is InChI=1S/C21H29FO5S/c22-15-9-7-14(8-10-15)11-16(23)13-28-21-17(18(24)12-19(21)25)5-3-1-2-4-6-20(26)27/h7-10,16-17,19,21,23,25H,1-6,11-13H2,(H,26,27)/t16?,17-,19?,21+/m0/s1. The van der Waals surface area contributed by atoms with Crippen LogP contribution in [0.2, 0.25) is 0 Å². The quantitative estimate of drug-likeness (QED) is 0.457. The van der Waals surface area contributed by atoms with Gasteiger partial charge in [0.05, 0.1) is 12.2 Å². The van der Waals surface area contributed by atoms with Gasteiger partial charge in [-0.3, -0.25) is 9.59 Å². The number of carbonyl (C=O) groups excluding carboxylic acids is 1. The van der Waals surface area contributed by atoms with Gasteiger partial charge in [-0.1, -0.05) is 31.4 Å². The zero-order valence-corrected chi connectivity index (χ0v) is 16.7. The van der Waals surface area contributed by atoms with Gasteiger partial charge in [-0.15, -0.1) is 0 Å². The highest BCUT2D eigenvalue weighted by Gasteiger charge is 2.41. The van der Waals surface area contributed by atoms with E-state index in [1.165, 1.54) is 23.9 Å². The summed E-state index contributed by atoms with van der Waals surface area (Å²) in [6.07, 6.45) is 3.28. The second-order valence-electron chi connectivity index (χ2n) is 7.47. The molecule has 3 N–H and O–H groups in total. The summed E-state index contributed by atoms with van der Waals surface area (Å²) in [6, 6.07) is 6.01. The van der Waals surface area contributed by atoms with E-state index in [0.717, 1.165) is 24.8 Å². The second kappa shape index (κ2) is 11.5. The summed E-state index contributed by atoms with van der Waals surface area (Å²) in [4.78, 5) is 22.7. The van der Waals surface area contributed by atoms with Gasteiger partial charge < -0.3 is 15.3 Å². The first-order valence-corrected chi connectivity index (χ1v) is 10.9. The largest absolute Gasteiger partial charge is 0.481 e. The summed E-state index contributed by atoms with van der Waals surface area (Å²) in [5.41, 5.74) is 0.843. The third kappa shape index (κ3) is 7.53. The van der Waals surface area contributed by atoms with Crippen molar-refractivity contribution in [2.24, 2.45) is 5.92 Å². The van der Waals surface area contributed by atoms with Crippen molar-refractivity contribution in [2.45, 2.75) is 68.8 Å². The van der Waals surface area contributed by atoms with E-state index in [2.05, 4.69) is 0 Å². The Morgan fingerprint density at radius 2 is 1.86 bits per heavy atom. The molecule has 0 heterocycles. The Morgan fingerprint density at radius 3 is 2.54 bits per heavy atom. The van der Waals surface area contributed by atoms with Gasteiger partial charge in [0.15, 0.2) is 0 Å². The average Bonchev–Trinajstić information content (AvgIpc) is 2.91. The summed E-state index contributed by atoms with van der Waals surface area (Å²) in [5, 5.41) is 28.9. The third-order valence-corrected chi connectivity index (χ3v) is 6.73. The number of Topliss-reactive ketones (excluding diaryl/α,β-unsaturated/α-hetero) is 1. The molecule has 1 saturated carbocycles. The predicted octanol–water partition coefficient (Wildman–Crippen LogP) is 3.21. The van der Waals surface area contributed by atoms with Crippen LogP contribution in [0, 0.1) is 11.7 Å². The maximum atomic E-state index is 13.0. The molecule has 0 amide bonds. The van der Waals surface area contributed by atoms with Crippen molar-refractivity contribution >= 4 is 23.5 Å². The van der Waals surface area contributed by atoms with Crippen molar-refractivity contribution in [2.75, 3.05) is 5.75 Å². The lowest BCUT2D eigenvalue weighted by molar-refractivity contribution is -0.137. The number of ketones is 1. The number of carboxylic acids is 1. The number of rotatable bonds is 12.